The SMILES string of the molecule is N[C@@H]1C(=O)O[C@@H]([C@@H](O)CO)[C@@H]1O. The van der Waals surface area contributed by atoms with Crippen molar-refractivity contribution in [2.75, 3.05) is 6.61 Å². The largest absolute Gasteiger partial charge is 0.455 e. The monoisotopic (exact) mass is 177 g/mol. The van der Waals surface area contributed by atoms with E-state index in [4.69, 9.17) is 15.9 Å². The number of carbonyl (C=O) groups is 1. The molecule has 0 aromatic carbocycles. The molecule has 1 aliphatic heterocycles. The van der Waals surface area contributed by atoms with Gasteiger partial charge in [-0.3, -0.25) is 4.79 Å². The van der Waals surface area contributed by atoms with Crippen LogP contribution < -0.4 is 5.73 Å². The molecular formula is C6H11NO5. The van der Waals surface area contributed by atoms with Crippen LogP contribution in [-0.2, 0) is 9.53 Å². The first-order valence-electron chi connectivity index (χ1n) is 3.51. The number of ether oxygens (including phenoxy) is 1. The van der Waals surface area contributed by atoms with E-state index in [2.05, 4.69) is 4.74 Å². The van der Waals surface area contributed by atoms with Crippen LogP contribution in [0.2, 0.25) is 0 Å². The van der Waals surface area contributed by atoms with Crippen LogP contribution in [0.25, 0.3) is 0 Å². The van der Waals surface area contributed by atoms with E-state index in [-0.39, 0.29) is 0 Å². The first-order valence-corrected chi connectivity index (χ1v) is 3.51. The highest BCUT2D eigenvalue weighted by atomic mass is 16.6. The zero-order valence-corrected chi connectivity index (χ0v) is 6.25. The molecule has 1 aliphatic rings. The summed E-state index contributed by atoms with van der Waals surface area (Å²) in [5, 5.41) is 26.7. The Hall–Kier alpha value is -0.690. The minimum Gasteiger partial charge on any atom is -0.455 e. The molecule has 0 radical (unpaired) electrons. The standard InChI is InChI=1S/C6H11NO5/c7-3-4(10)5(2(9)1-8)12-6(3)11/h2-5,8-10H,1,7H2/t2-,3-,4+,5-/m0/s1. The van der Waals surface area contributed by atoms with Gasteiger partial charge in [-0.1, -0.05) is 0 Å². The summed E-state index contributed by atoms with van der Waals surface area (Å²) in [5.41, 5.74) is 5.19. The van der Waals surface area contributed by atoms with Gasteiger partial charge in [-0.25, -0.2) is 0 Å². The van der Waals surface area contributed by atoms with Crippen LogP contribution in [-0.4, -0.2) is 52.2 Å². The molecule has 4 atom stereocenters. The predicted octanol–water partition coefficient (Wildman–Crippen LogP) is -3.05. The Balaban J connectivity index is 2.64. The molecule has 1 rings (SSSR count). The summed E-state index contributed by atoms with van der Waals surface area (Å²) in [5.74, 6) is -0.764. The molecule has 6 nitrogen and oxygen atoms in total. The molecule has 0 spiro atoms. The average Bonchev–Trinajstić information content (AvgIpc) is 2.32. The van der Waals surface area contributed by atoms with Crippen molar-refractivity contribution in [2.24, 2.45) is 5.73 Å². The Morgan fingerprint density at radius 1 is 1.67 bits per heavy atom. The molecule has 1 heterocycles. The summed E-state index contributed by atoms with van der Waals surface area (Å²) >= 11 is 0. The minimum atomic E-state index is -1.28. The number of aliphatic hydroxyl groups is 3. The summed E-state index contributed by atoms with van der Waals surface area (Å²) in [6.07, 6.45) is -3.64. The molecule has 0 unspecified atom stereocenters. The number of aliphatic hydroxyl groups excluding tert-OH is 3. The normalized spacial score (nSPS) is 38.0. The molecule has 0 amide bonds. The maximum atomic E-state index is 10.7. The van der Waals surface area contributed by atoms with Crippen molar-refractivity contribution in [1.29, 1.82) is 0 Å². The first-order chi connectivity index (χ1) is 5.57. The number of rotatable bonds is 2. The lowest BCUT2D eigenvalue weighted by Gasteiger charge is -2.17. The molecule has 6 heteroatoms. The van der Waals surface area contributed by atoms with Crippen LogP contribution >= 0.6 is 0 Å². The highest BCUT2D eigenvalue weighted by molar-refractivity contribution is 5.78. The van der Waals surface area contributed by atoms with Gasteiger partial charge < -0.3 is 25.8 Å². The third kappa shape index (κ3) is 1.42. The third-order valence-corrected chi connectivity index (χ3v) is 1.80. The van der Waals surface area contributed by atoms with E-state index in [0.717, 1.165) is 0 Å². The van der Waals surface area contributed by atoms with E-state index < -0.39 is 36.9 Å². The van der Waals surface area contributed by atoms with Crippen molar-refractivity contribution >= 4 is 5.97 Å². The summed E-state index contributed by atoms with van der Waals surface area (Å²) in [4.78, 5) is 10.7. The van der Waals surface area contributed by atoms with Gasteiger partial charge >= 0.3 is 5.97 Å². The number of nitrogens with two attached hydrogens (primary N) is 1. The van der Waals surface area contributed by atoms with Crippen molar-refractivity contribution < 1.29 is 24.9 Å². The quantitative estimate of drug-likeness (QED) is 0.333. The van der Waals surface area contributed by atoms with Gasteiger partial charge in [0, 0.05) is 0 Å². The molecule has 0 saturated carbocycles. The Labute approximate surface area is 68.6 Å². The topological polar surface area (TPSA) is 113 Å². The summed E-state index contributed by atoms with van der Waals surface area (Å²) in [6.45, 7) is -0.582. The van der Waals surface area contributed by atoms with Gasteiger partial charge in [-0.2, -0.15) is 0 Å². The smallest absolute Gasteiger partial charge is 0.326 e. The molecule has 5 N–H and O–H groups in total. The van der Waals surface area contributed by atoms with Crippen LogP contribution in [0.15, 0.2) is 0 Å². The third-order valence-electron chi connectivity index (χ3n) is 1.80. The van der Waals surface area contributed by atoms with E-state index in [9.17, 15) is 9.90 Å². The number of cyclic esters (lactones) is 1. The number of hydrogen-bond acceptors (Lipinski definition) is 6. The number of esters is 1. The number of hydrogen-bond donors (Lipinski definition) is 4. The zero-order valence-electron chi connectivity index (χ0n) is 6.25. The van der Waals surface area contributed by atoms with Crippen molar-refractivity contribution in [1.82, 2.24) is 0 Å². The Morgan fingerprint density at radius 3 is 2.58 bits per heavy atom. The fraction of sp³-hybridized carbons (Fsp3) is 0.833. The average molecular weight is 177 g/mol. The van der Waals surface area contributed by atoms with Gasteiger partial charge in [0.25, 0.3) is 0 Å². The van der Waals surface area contributed by atoms with E-state index >= 15 is 0 Å². The highest BCUT2D eigenvalue weighted by Gasteiger charge is 2.44. The molecule has 0 aromatic heterocycles. The Kier molecular flexibility index (Phi) is 2.63. The van der Waals surface area contributed by atoms with Crippen molar-refractivity contribution in [3.63, 3.8) is 0 Å². The summed E-state index contributed by atoms with van der Waals surface area (Å²) in [7, 11) is 0. The van der Waals surface area contributed by atoms with Gasteiger partial charge in [-0.15, -0.1) is 0 Å². The lowest BCUT2D eigenvalue weighted by molar-refractivity contribution is -0.148. The van der Waals surface area contributed by atoms with Crippen molar-refractivity contribution in [3.8, 4) is 0 Å². The molecule has 1 fully saturated rings. The van der Waals surface area contributed by atoms with Gasteiger partial charge in [0.15, 0.2) is 6.10 Å². The van der Waals surface area contributed by atoms with E-state index in [0.29, 0.717) is 0 Å². The number of carbonyl (C=O) groups excluding carboxylic acids is 1. The molecule has 0 aromatic rings. The highest BCUT2D eigenvalue weighted by Crippen LogP contribution is 2.17. The molecule has 12 heavy (non-hydrogen) atoms. The summed E-state index contributed by atoms with van der Waals surface area (Å²) in [6, 6.07) is -1.13. The second-order valence-corrected chi connectivity index (χ2v) is 2.67. The predicted molar refractivity (Wildman–Crippen MR) is 37.0 cm³/mol. The summed E-state index contributed by atoms with van der Waals surface area (Å²) < 4.78 is 4.51. The molecule has 70 valence electrons. The van der Waals surface area contributed by atoms with Crippen molar-refractivity contribution in [2.45, 2.75) is 24.4 Å². The molecular weight excluding hydrogens is 166 g/mol. The van der Waals surface area contributed by atoms with Crippen molar-refractivity contribution in [3.05, 3.63) is 0 Å². The van der Waals surface area contributed by atoms with E-state index in [1.807, 2.05) is 0 Å². The van der Waals surface area contributed by atoms with Crippen LogP contribution in [0.4, 0.5) is 0 Å². The second kappa shape index (κ2) is 3.36. The van der Waals surface area contributed by atoms with Crippen LogP contribution in [0.5, 0.6) is 0 Å². The van der Waals surface area contributed by atoms with Crippen LogP contribution in [0.1, 0.15) is 0 Å². The fourth-order valence-electron chi connectivity index (χ4n) is 1.04. The molecule has 0 aliphatic carbocycles. The Morgan fingerprint density at radius 2 is 2.25 bits per heavy atom. The van der Waals surface area contributed by atoms with Gasteiger partial charge in [0.1, 0.15) is 18.2 Å². The van der Waals surface area contributed by atoms with Gasteiger partial charge in [-0.05, 0) is 0 Å². The van der Waals surface area contributed by atoms with Gasteiger partial charge in [0.2, 0.25) is 0 Å². The van der Waals surface area contributed by atoms with E-state index in [1.54, 1.807) is 0 Å². The van der Waals surface area contributed by atoms with Gasteiger partial charge in [0.05, 0.1) is 6.61 Å². The Bertz CT molecular complexity index is 185. The lowest BCUT2D eigenvalue weighted by Crippen LogP contribution is -2.43. The fourth-order valence-corrected chi connectivity index (χ4v) is 1.04. The maximum absolute atomic E-state index is 10.7. The minimum absolute atomic E-state index is 0.582. The molecule has 0 bridgehead atoms. The molecule has 1 saturated heterocycles. The zero-order chi connectivity index (χ0) is 9.30. The van der Waals surface area contributed by atoms with Crippen LogP contribution in [0.3, 0.4) is 0 Å². The lowest BCUT2D eigenvalue weighted by atomic mass is 10.1. The first kappa shape index (κ1) is 9.40. The maximum Gasteiger partial charge on any atom is 0.326 e. The van der Waals surface area contributed by atoms with Crippen LogP contribution in [0, 0.1) is 0 Å². The second-order valence-electron chi connectivity index (χ2n) is 2.67. The van der Waals surface area contributed by atoms with E-state index in [1.165, 1.54) is 0 Å².